The van der Waals surface area contributed by atoms with Crippen LogP contribution in [0.4, 0.5) is 4.39 Å². The smallest absolute Gasteiger partial charge is 0.246 e. The average molecular weight is 390 g/mol. The van der Waals surface area contributed by atoms with Crippen LogP contribution in [0.2, 0.25) is 0 Å². The average Bonchev–Trinajstić information content (AvgIpc) is 2.64. The molecule has 0 spiro atoms. The molecule has 2 N–H and O–H groups in total. The second kappa shape index (κ2) is 9.43. The summed E-state index contributed by atoms with van der Waals surface area (Å²) in [7, 11) is -3.46. The van der Waals surface area contributed by atoms with Gasteiger partial charge in [-0.1, -0.05) is 37.3 Å². The minimum atomic E-state index is -3.46. The van der Waals surface area contributed by atoms with Gasteiger partial charge in [-0.3, -0.25) is 4.79 Å². The van der Waals surface area contributed by atoms with Gasteiger partial charge in [0.2, 0.25) is 15.9 Å². The molecule has 0 aromatic heterocycles. The molecule has 0 bridgehead atoms. The molecule has 27 heavy (non-hydrogen) atoms. The highest BCUT2D eigenvalue weighted by atomic mass is 32.2. The van der Waals surface area contributed by atoms with Crippen molar-refractivity contribution < 1.29 is 17.6 Å². The zero-order valence-corrected chi connectivity index (χ0v) is 16.1. The summed E-state index contributed by atoms with van der Waals surface area (Å²) in [4.78, 5) is 12.3. The van der Waals surface area contributed by atoms with E-state index >= 15 is 0 Å². The van der Waals surface area contributed by atoms with Crippen LogP contribution in [0.15, 0.2) is 59.0 Å². The Morgan fingerprint density at radius 3 is 2.41 bits per heavy atom. The molecule has 5 nitrogen and oxygen atoms in total. The summed E-state index contributed by atoms with van der Waals surface area (Å²) in [5.41, 5.74) is 1.68. The molecule has 0 aliphatic carbocycles. The quantitative estimate of drug-likeness (QED) is 0.681. The summed E-state index contributed by atoms with van der Waals surface area (Å²) in [5, 5.41) is 2.78. The second-order valence-corrected chi connectivity index (χ2v) is 7.77. The van der Waals surface area contributed by atoms with Crippen molar-refractivity contribution in [1.82, 2.24) is 10.0 Å². The van der Waals surface area contributed by atoms with E-state index in [-0.39, 0.29) is 16.6 Å². The lowest BCUT2D eigenvalue weighted by Crippen LogP contribution is -2.26. The zero-order chi connectivity index (χ0) is 19.9. The van der Waals surface area contributed by atoms with E-state index in [2.05, 4.69) is 10.0 Å². The number of hydrogen-bond acceptors (Lipinski definition) is 3. The molecule has 0 saturated heterocycles. The van der Waals surface area contributed by atoms with E-state index in [4.69, 9.17) is 0 Å². The Labute approximate surface area is 159 Å². The van der Waals surface area contributed by atoms with Crippen molar-refractivity contribution in [3.05, 3.63) is 71.0 Å². The number of amides is 1. The number of rotatable bonds is 8. The molecule has 144 valence electrons. The molecule has 2 rings (SSSR count). The number of halogens is 1. The Kier molecular flexibility index (Phi) is 7.27. The maximum absolute atomic E-state index is 13.6. The topological polar surface area (TPSA) is 75.3 Å². The number of sulfonamides is 1. The van der Waals surface area contributed by atoms with Crippen LogP contribution < -0.4 is 10.0 Å². The fourth-order valence-electron chi connectivity index (χ4n) is 2.46. The lowest BCUT2D eigenvalue weighted by Gasteiger charge is -2.08. The largest absolute Gasteiger partial charge is 0.352 e. The molecule has 0 fully saturated rings. The molecule has 0 aliphatic heterocycles. The van der Waals surface area contributed by atoms with E-state index in [1.807, 2.05) is 0 Å². The van der Waals surface area contributed by atoms with E-state index < -0.39 is 10.0 Å². The van der Waals surface area contributed by atoms with Gasteiger partial charge in [0, 0.05) is 24.2 Å². The predicted molar refractivity (Wildman–Crippen MR) is 104 cm³/mol. The van der Waals surface area contributed by atoms with Gasteiger partial charge < -0.3 is 5.32 Å². The van der Waals surface area contributed by atoms with Gasteiger partial charge in [-0.15, -0.1) is 0 Å². The fraction of sp³-hybridized carbons (Fsp3) is 0.250. The van der Waals surface area contributed by atoms with Crippen LogP contribution >= 0.6 is 0 Å². The standard InChI is InChI=1S/C20H23FN2O3S/c1-3-23-27(25,26)18-10-8-16(9-11-18)12-13-22-20(24)15(2)14-17-6-4-5-7-19(17)21/h4-11,14,23H,3,12-13H2,1-2H3,(H,22,24)/b15-14+. The number of carbonyl (C=O) groups excluding carboxylic acids is 1. The van der Waals surface area contributed by atoms with Crippen molar-refractivity contribution in [2.24, 2.45) is 0 Å². The van der Waals surface area contributed by atoms with Crippen molar-refractivity contribution >= 4 is 22.0 Å². The maximum atomic E-state index is 13.6. The first-order valence-electron chi connectivity index (χ1n) is 8.63. The van der Waals surface area contributed by atoms with E-state index in [0.29, 0.717) is 30.6 Å². The number of benzene rings is 2. The minimum Gasteiger partial charge on any atom is -0.352 e. The van der Waals surface area contributed by atoms with Crippen molar-refractivity contribution in [3.63, 3.8) is 0 Å². The Hall–Kier alpha value is -2.51. The predicted octanol–water partition coefficient (Wildman–Crippen LogP) is 2.89. The van der Waals surface area contributed by atoms with Crippen LogP contribution in [0.25, 0.3) is 6.08 Å². The van der Waals surface area contributed by atoms with Crippen LogP contribution in [-0.2, 0) is 21.2 Å². The first-order chi connectivity index (χ1) is 12.8. The van der Waals surface area contributed by atoms with Crippen molar-refractivity contribution in [1.29, 1.82) is 0 Å². The number of carbonyl (C=O) groups is 1. The van der Waals surface area contributed by atoms with Crippen molar-refractivity contribution in [3.8, 4) is 0 Å². The lowest BCUT2D eigenvalue weighted by molar-refractivity contribution is -0.117. The Morgan fingerprint density at radius 2 is 1.78 bits per heavy atom. The molecular weight excluding hydrogens is 367 g/mol. The van der Waals surface area contributed by atoms with Crippen molar-refractivity contribution in [2.45, 2.75) is 25.2 Å². The Bertz CT molecular complexity index is 922. The van der Waals surface area contributed by atoms with Gasteiger partial charge in [-0.2, -0.15) is 0 Å². The molecule has 7 heteroatoms. The molecule has 1 amide bonds. The van der Waals surface area contributed by atoms with Crippen LogP contribution in [0, 0.1) is 5.82 Å². The number of hydrogen-bond donors (Lipinski definition) is 2. The highest BCUT2D eigenvalue weighted by Crippen LogP contribution is 2.12. The Morgan fingerprint density at radius 1 is 1.11 bits per heavy atom. The highest BCUT2D eigenvalue weighted by molar-refractivity contribution is 7.89. The first-order valence-corrected chi connectivity index (χ1v) is 10.1. The van der Waals surface area contributed by atoms with Gasteiger partial charge in [-0.05, 0) is 43.2 Å². The van der Waals surface area contributed by atoms with Gasteiger partial charge >= 0.3 is 0 Å². The molecule has 2 aromatic carbocycles. The summed E-state index contributed by atoms with van der Waals surface area (Å²) < 4.78 is 39.9. The summed E-state index contributed by atoms with van der Waals surface area (Å²) in [6.45, 7) is 4.07. The molecule has 0 aliphatic rings. The van der Waals surface area contributed by atoms with E-state index in [1.54, 1.807) is 56.3 Å². The molecule has 0 saturated carbocycles. The summed E-state index contributed by atoms with van der Waals surface area (Å²) >= 11 is 0. The molecule has 0 unspecified atom stereocenters. The third-order valence-electron chi connectivity index (χ3n) is 3.90. The third-order valence-corrected chi connectivity index (χ3v) is 5.46. The van der Waals surface area contributed by atoms with Crippen molar-refractivity contribution in [2.75, 3.05) is 13.1 Å². The van der Waals surface area contributed by atoms with E-state index in [9.17, 15) is 17.6 Å². The minimum absolute atomic E-state index is 0.209. The summed E-state index contributed by atoms with van der Waals surface area (Å²) in [6, 6.07) is 12.8. The monoisotopic (exact) mass is 390 g/mol. The molecular formula is C20H23FN2O3S. The highest BCUT2D eigenvalue weighted by Gasteiger charge is 2.12. The van der Waals surface area contributed by atoms with Crippen LogP contribution in [0.1, 0.15) is 25.0 Å². The molecule has 0 radical (unpaired) electrons. The lowest BCUT2D eigenvalue weighted by atomic mass is 10.1. The molecule has 0 atom stereocenters. The summed E-state index contributed by atoms with van der Waals surface area (Å²) in [5.74, 6) is -0.651. The number of nitrogens with one attached hydrogen (secondary N) is 2. The second-order valence-electron chi connectivity index (χ2n) is 6.00. The van der Waals surface area contributed by atoms with Crippen LogP contribution in [0.5, 0.6) is 0 Å². The van der Waals surface area contributed by atoms with Gasteiger partial charge in [-0.25, -0.2) is 17.5 Å². The first kappa shape index (κ1) is 20.8. The van der Waals surface area contributed by atoms with Gasteiger partial charge in [0.05, 0.1) is 4.90 Å². The fourth-order valence-corrected chi connectivity index (χ4v) is 3.50. The Balaban J connectivity index is 1.90. The van der Waals surface area contributed by atoms with E-state index in [1.165, 1.54) is 12.1 Å². The van der Waals surface area contributed by atoms with Gasteiger partial charge in [0.25, 0.3) is 0 Å². The normalized spacial score (nSPS) is 12.0. The van der Waals surface area contributed by atoms with Crippen LogP contribution in [-0.4, -0.2) is 27.4 Å². The molecule has 0 heterocycles. The zero-order valence-electron chi connectivity index (χ0n) is 15.3. The van der Waals surface area contributed by atoms with Crippen LogP contribution in [0.3, 0.4) is 0 Å². The third kappa shape index (κ3) is 6.01. The van der Waals surface area contributed by atoms with Gasteiger partial charge in [0.15, 0.2) is 0 Å². The van der Waals surface area contributed by atoms with Gasteiger partial charge in [0.1, 0.15) is 5.82 Å². The SMILES string of the molecule is CCNS(=O)(=O)c1ccc(CCNC(=O)/C(C)=C/c2ccccc2F)cc1. The molecule has 2 aromatic rings. The maximum Gasteiger partial charge on any atom is 0.246 e. The van der Waals surface area contributed by atoms with E-state index in [0.717, 1.165) is 5.56 Å². The summed E-state index contributed by atoms with van der Waals surface area (Å²) in [6.07, 6.45) is 2.06.